The van der Waals surface area contributed by atoms with Gasteiger partial charge in [0, 0.05) is 27.3 Å². The molecular formula is C20H14BrFN4OS2. The number of benzene rings is 2. The van der Waals surface area contributed by atoms with Gasteiger partial charge in [0.1, 0.15) is 5.82 Å². The molecule has 0 aliphatic carbocycles. The van der Waals surface area contributed by atoms with E-state index in [1.807, 2.05) is 28.8 Å². The second kappa shape index (κ2) is 8.89. The van der Waals surface area contributed by atoms with Crippen LogP contribution in [0.1, 0.15) is 0 Å². The summed E-state index contributed by atoms with van der Waals surface area (Å²) in [6.45, 7) is 0. The Morgan fingerprint density at radius 3 is 2.59 bits per heavy atom. The summed E-state index contributed by atoms with van der Waals surface area (Å²) in [5, 5.41) is 5.76. The van der Waals surface area contributed by atoms with Crippen LogP contribution in [0.4, 0.5) is 9.52 Å². The first-order chi connectivity index (χ1) is 14.1. The minimum absolute atomic E-state index is 0.163. The Bertz CT molecular complexity index is 1110. The molecule has 29 heavy (non-hydrogen) atoms. The number of thiazole rings is 1. The normalized spacial score (nSPS) is 10.8. The third kappa shape index (κ3) is 4.75. The number of halogens is 2. The van der Waals surface area contributed by atoms with Gasteiger partial charge >= 0.3 is 0 Å². The van der Waals surface area contributed by atoms with E-state index < -0.39 is 0 Å². The molecule has 9 heteroatoms. The maximum absolute atomic E-state index is 13.4. The number of nitrogens with one attached hydrogen (secondary N) is 1. The van der Waals surface area contributed by atoms with Crippen molar-refractivity contribution in [1.29, 1.82) is 0 Å². The van der Waals surface area contributed by atoms with E-state index in [0.717, 1.165) is 21.4 Å². The Hall–Kier alpha value is -2.49. The molecule has 0 saturated carbocycles. The zero-order chi connectivity index (χ0) is 20.2. The number of carbonyl (C=O) groups excluding carboxylic acids is 1. The van der Waals surface area contributed by atoms with Crippen LogP contribution >= 0.6 is 39.0 Å². The summed E-state index contributed by atoms with van der Waals surface area (Å²) in [6, 6.07) is 14.1. The summed E-state index contributed by atoms with van der Waals surface area (Å²) in [7, 11) is 0. The monoisotopic (exact) mass is 488 g/mol. The third-order valence-corrected chi connectivity index (χ3v) is 6.14. The topological polar surface area (TPSA) is 59.8 Å². The Labute approximate surface area is 183 Å². The van der Waals surface area contributed by atoms with E-state index in [1.54, 1.807) is 29.9 Å². The molecule has 146 valence electrons. The average Bonchev–Trinajstić information content (AvgIpc) is 3.37. The van der Waals surface area contributed by atoms with Crippen LogP contribution in [0.25, 0.3) is 16.9 Å². The molecule has 5 nitrogen and oxygen atoms in total. The SMILES string of the molecule is O=C(CSc1ncc(-c2ccc(Br)cc2)n1-c1ccc(F)cc1)Nc1nccs1. The highest BCUT2D eigenvalue weighted by atomic mass is 79.9. The maximum atomic E-state index is 13.4. The first-order valence-corrected chi connectivity index (χ1v) is 11.2. The molecule has 0 radical (unpaired) electrons. The highest BCUT2D eigenvalue weighted by Crippen LogP contribution is 2.30. The number of nitrogens with zero attached hydrogens (tertiary/aromatic N) is 3. The zero-order valence-electron chi connectivity index (χ0n) is 14.9. The second-order valence-electron chi connectivity index (χ2n) is 5.92. The molecule has 4 rings (SSSR count). The quantitative estimate of drug-likeness (QED) is 0.357. The number of carbonyl (C=O) groups is 1. The molecule has 1 amide bonds. The van der Waals surface area contributed by atoms with E-state index in [0.29, 0.717) is 10.3 Å². The first kappa shape index (κ1) is 19.8. The number of anilines is 1. The van der Waals surface area contributed by atoms with Gasteiger partial charge in [0.2, 0.25) is 5.91 Å². The molecule has 0 spiro atoms. The molecule has 0 saturated heterocycles. The van der Waals surface area contributed by atoms with Crippen LogP contribution in [-0.4, -0.2) is 26.2 Å². The summed E-state index contributed by atoms with van der Waals surface area (Å²) in [5.41, 5.74) is 2.58. The number of hydrogen-bond donors (Lipinski definition) is 1. The standard InChI is InChI=1S/C20H14BrFN4OS2/c21-14-3-1-13(2-4-14)17-11-24-20(26(17)16-7-5-15(22)6-8-16)29-12-18(27)25-19-23-9-10-28-19/h1-11H,12H2,(H,23,25,27). The number of amides is 1. The molecule has 4 aromatic rings. The van der Waals surface area contributed by atoms with Crippen LogP contribution in [0.5, 0.6) is 0 Å². The van der Waals surface area contributed by atoms with Crippen LogP contribution in [0, 0.1) is 5.82 Å². The maximum Gasteiger partial charge on any atom is 0.236 e. The fourth-order valence-electron chi connectivity index (χ4n) is 2.67. The van der Waals surface area contributed by atoms with Gasteiger partial charge in [0.15, 0.2) is 10.3 Å². The van der Waals surface area contributed by atoms with Crippen LogP contribution in [0.2, 0.25) is 0 Å². The van der Waals surface area contributed by atoms with Crippen molar-refractivity contribution in [3.63, 3.8) is 0 Å². The van der Waals surface area contributed by atoms with Gasteiger partial charge in [-0.2, -0.15) is 0 Å². The molecular weight excluding hydrogens is 475 g/mol. The van der Waals surface area contributed by atoms with Crippen LogP contribution in [0.3, 0.4) is 0 Å². The van der Waals surface area contributed by atoms with E-state index in [1.165, 1.54) is 35.2 Å². The predicted octanol–water partition coefficient (Wildman–Crippen LogP) is 5.63. The van der Waals surface area contributed by atoms with E-state index >= 15 is 0 Å². The molecule has 0 fully saturated rings. The van der Waals surface area contributed by atoms with Gasteiger partial charge in [-0.05, 0) is 36.4 Å². The number of aromatic nitrogens is 3. The van der Waals surface area contributed by atoms with Gasteiger partial charge in [0.05, 0.1) is 17.6 Å². The lowest BCUT2D eigenvalue weighted by Gasteiger charge is -2.12. The number of rotatable bonds is 6. The lowest BCUT2D eigenvalue weighted by atomic mass is 10.1. The van der Waals surface area contributed by atoms with E-state index in [4.69, 9.17) is 0 Å². The van der Waals surface area contributed by atoms with Crippen molar-refractivity contribution < 1.29 is 9.18 Å². The van der Waals surface area contributed by atoms with Crippen LogP contribution < -0.4 is 5.32 Å². The highest BCUT2D eigenvalue weighted by Gasteiger charge is 2.16. The van der Waals surface area contributed by atoms with E-state index in [2.05, 4.69) is 31.2 Å². The fourth-order valence-corrected chi connectivity index (χ4v) is 4.27. The Kier molecular flexibility index (Phi) is 6.08. The average molecular weight is 489 g/mol. The molecule has 2 aromatic carbocycles. The highest BCUT2D eigenvalue weighted by molar-refractivity contribution is 9.10. The Balaban J connectivity index is 1.63. The second-order valence-corrected chi connectivity index (χ2v) is 8.67. The number of imidazole rings is 1. The first-order valence-electron chi connectivity index (χ1n) is 8.52. The van der Waals surface area contributed by atoms with Crippen molar-refractivity contribution in [3.8, 4) is 16.9 Å². The largest absolute Gasteiger partial charge is 0.301 e. The minimum Gasteiger partial charge on any atom is -0.301 e. The molecule has 2 heterocycles. The van der Waals surface area contributed by atoms with Crippen molar-refractivity contribution in [1.82, 2.24) is 14.5 Å². The smallest absolute Gasteiger partial charge is 0.236 e. The fraction of sp³-hybridized carbons (Fsp3) is 0.0500. The molecule has 0 aliphatic rings. The van der Waals surface area contributed by atoms with Crippen LogP contribution in [-0.2, 0) is 4.79 Å². The van der Waals surface area contributed by atoms with E-state index in [-0.39, 0.29) is 17.5 Å². The zero-order valence-corrected chi connectivity index (χ0v) is 18.1. The lowest BCUT2D eigenvalue weighted by Crippen LogP contribution is -2.14. The minimum atomic E-state index is -0.309. The summed E-state index contributed by atoms with van der Waals surface area (Å²) >= 11 is 6.12. The molecule has 0 bridgehead atoms. The van der Waals surface area contributed by atoms with Gasteiger partial charge in [-0.1, -0.05) is 39.8 Å². The summed E-state index contributed by atoms with van der Waals surface area (Å²) in [6.07, 6.45) is 3.40. The molecule has 0 atom stereocenters. The predicted molar refractivity (Wildman–Crippen MR) is 118 cm³/mol. The van der Waals surface area contributed by atoms with Crippen molar-refractivity contribution >= 4 is 50.1 Å². The summed E-state index contributed by atoms with van der Waals surface area (Å²) in [5.74, 6) is -0.294. The molecule has 2 aromatic heterocycles. The van der Waals surface area contributed by atoms with Crippen molar-refractivity contribution in [3.05, 3.63) is 76.6 Å². The Morgan fingerprint density at radius 2 is 1.90 bits per heavy atom. The van der Waals surface area contributed by atoms with Gasteiger partial charge < -0.3 is 5.32 Å². The number of thioether (sulfide) groups is 1. The van der Waals surface area contributed by atoms with Gasteiger partial charge in [-0.3, -0.25) is 9.36 Å². The third-order valence-electron chi connectivity index (χ3n) is 3.97. The van der Waals surface area contributed by atoms with Crippen molar-refractivity contribution in [2.45, 2.75) is 5.16 Å². The van der Waals surface area contributed by atoms with Crippen molar-refractivity contribution in [2.24, 2.45) is 0 Å². The van der Waals surface area contributed by atoms with Crippen molar-refractivity contribution in [2.75, 3.05) is 11.1 Å². The molecule has 0 unspecified atom stereocenters. The summed E-state index contributed by atoms with van der Waals surface area (Å²) in [4.78, 5) is 20.8. The van der Waals surface area contributed by atoms with E-state index in [9.17, 15) is 9.18 Å². The van der Waals surface area contributed by atoms with Gasteiger partial charge in [0.25, 0.3) is 0 Å². The van der Waals surface area contributed by atoms with Gasteiger partial charge in [-0.15, -0.1) is 11.3 Å². The van der Waals surface area contributed by atoms with Gasteiger partial charge in [-0.25, -0.2) is 14.4 Å². The number of hydrogen-bond acceptors (Lipinski definition) is 5. The lowest BCUT2D eigenvalue weighted by molar-refractivity contribution is -0.113. The molecule has 1 N–H and O–H groups in total. The van der Waals surface area contributed by atoms with Crippen LogP contribution in [0.15, 0.2) is 75.9 Å². The Morgan fingerprint density at radius 1 is 1.14 bits per heavy atom. The molecule has 0 aliphatic heterocycles. The summed E-state index contributed by atoms with van der Waals surface area (Å²) < 4.78 is 16.3.